The molecule has 2 aromatic carbocycles. The van der Waals surface area contributed by atoms with Crippen LogP contribution in [0.4, 0.5) is 4.39 Å². The molecule has 0 saturated carbocycles. The van der Waals surface area contributed by atoms with Crippen molar-refractivity contribution < 1.29 is 14.0 Å². The molecule has 0 heterocycles. The Morgan fingerprint density at radius 1 is 0.864 bits per heavy atom. The first-order chi connectivity index (χ1) is 10.5. The van der Waals surface area contributed by atoms with E-state index in [0.717, 1.165) is 17.2 Å². The molecule has 0 N–H and O–H groups in total. The summed E-state index contributed by atoms with van der Waals surface area (Å²) in [6, 6.07) is 11.6. The van der Waals surface area contributed by atoms with Crippen LogP contribution in [0.5, 0.6) is 0 Å². The summed E-state index contributed by atoms with van der Waals surface area (Å²) >= 11 is 0. The van der Waals surface area contributed by atoms with Crippen molar-refractivity contribution in [3.8, 4) is 0 Å². The quantitative estimate of drug-likeness (QED) is 0.836. The highest BCUT2D eigenvalue weighted by molar-refractivity contribution is 6.26. The summed E-state index contributed by atoms with van der Waals surface area (Å²) < 4.78 is 13.4. The first-order valence-electron chi connectivity index (χ1n) is 7.11. The molecule has 2 aromatic rings. The predicted molar refractivity (Wildman–Crippen MR) is 82.6 cm³/mol. The number of fused-ring (bicyclic) bond motifs is 1. The molecule has 0 saturated heterocycles. The van der Waals surface area contributed by atoms with Crippen molar-refractivity contribution >= 4 is 11.6 Å². The standard InChI is InChI=1S/C19H15FO2/c1-11-3-5-13(6-4-11)9-16-12(2)18(21)15-8-7-14(20)10-17(15)19(16)22/h3-8,10H,9H2,1-2H3. The Labute approximate surface area is 128 Å². The molecule has 0 unspecified atom stereocenters. The van der Waals surface area contributed by atoms with Gasteiger partial charge in [-0.25, -0.2) is 4.39 Å². The van der Waals surface area contributed by atoms with Gasteiger partial charge in [-0.1, -0.05) is 29.8 Å². The van der Waals surface area contributed by atoms with Gasteiger partial charge in [0.25, 0.3) is 0 Å². The third-order valence-corrected chi connectivity index (χ3v) is 4.04. The fraction of sp³-hybridized carbons (Fsp3) is 0.158. The number of hydrogen-bond acceptors (Lipinski definition) is 2. The minimum atomic E-state index is -0.505. The van der Waals surface area contributed by atoms with E-state index in [4.69, 9.17) is 0 Å². The van der Waals surface area contributed by atoms with Crippen molar-refractivity contribution in [2.45, 2.75) is 20.3 Å². The Morgan fingerprint density at radius 3 is 2.23 bits per heavy atom. The van der Waals surface area contributed by atoms with Crippen LogP contribution in [0.15, 0.2) is 53.6 Å². The molecular formula is C19H15FO2. The number of hydrogen-bond donors (Lipinski definition) is 0. The maximum absolute atomic E-state index is 13.4. The van der Waals surface area contributed by atoms with Crippen molar-refractivity contribution in [2.75, 3.05) is 0 Å². The van der Waals surface area contributed by atoms with Crippen LogP contribution >= 0.6 is 0 Å². The molecule has 0 bridgehead atoms. The monoisotopic (exact) mass is 294 g/mol. The number of rotatable bonds is 2. The molecule has 0 amide bonds. The molecule has 0 aromatic heterocycles. The van der Waals surface area contributed by atoms with Gasteiger partial charge in [0.1, 0.15) is 5.82 Å². The molecule has 110 valence electrons. The Morgan fingerprint density at radius 2 is 1.55 bits per heavy atom. The van der Waals surface area contributed by atoms with E-state index in [9.17, 15) is 14.0 Å². The Hall–Kier alpha value is -2.55. The number of Topliss-reactive ketones (excluding diaryl/α,β-unsaturated/α-hetero) is 2. The summed E-state index contributed by atoms with van der Waals surface area (Å²) in [6.07, 6.45) is 0.382. The fourth-order valence-corrected chi connectivity index (χ4v) is 2.70. The van der Waals surface area contributed by atoms with Gasteiger partial charge < -0.3 is 0 Å². The van der Waals surface area contributed by atoms with Crippen molar-refractivity contribution in [3.63, 3.8) is 0 Å². The lowest BCUT2D eigenvalue weighted by Gasteiger charge is -2.19. The van der Waals surface area contributed by atoms with E-state index in [1.165, 1.54) is 12.1 Å². The topological polar surface area (TPSA) is 34.1 Å². The number of benzene rings is 2. The number of ketones is 2. The molecule has 2 nitrogen and oxygen atoms in total. The third kappa shape index (κ3) is 2.39. The summed E-state index contributed by atoms with van der Waals surface area (Å²) in [7, 11) is 0. The molecule has 3 rings (SSSR count). The second-order valence-corrected chi connectivity index (χ2v) is 5.61. The van der Waals surface area contributed by atoms with Gasteiger partial charge in [0, 0.05) is 28.7 Å². The first kappa shape index (κ1) is 14.4. The molecular weight excluding hydrogens is 279 g/mol. The highest BCUT2D eigenvalue weighted by Gasteiger charge is 2.30. The Balaban J connectivity index is 2.04. The van der Waals surface area contributed by atoms with Crippen LogP contribution < -0.4 is 0 Å². The minimum Gasteiger partial charge on any atom is -0.289 e. The molecule has 0 fully saturated rings. The molecule has 3 heteroatoms. The summed E-state index contributed by atoms with van der Waals surface area (Å²) in [4.78, 5) is 25.0. The van der Waals surface area contributed by atoms with E-state index < -0.39 is 5.82 Å². The van der Waals surface area contributed by atoms with Gasteiger partial charge in [0.2, 0.25) is 0 Å². The second-order valence-electron chi connectivity index (χ2n) is 5.61. The zero-order chi connectivity index (χ0) is 15.9. The predicted octanol–water partition coefficient (Wildman–Crippen LogP) is 4.07. The Kier molecular flexibility index (Phi) is 3.49. The molecule has 0 aliphatic heterocycles. The third-order valence-electron chi connectivity index (χ3n) is 4.04. The Bertz CT molecular complexity index is 814. The normalized spacial score (nSPS) is 14.3. The van der Waals surface area contributed by atoms with E-state index in [1.807, 2.05) is 31.2 Å². The minimum absolute atomic E-state index is 0.165. The van der Waals surface area contributed by atoms with Gasteiger partial charge in [-0.15, -0.1) is 0 Å². The SMILES string of the molecule is CC1=C(Cc2ccc(C)cc2)C(=O)c2cc(F)ccc2C1=O. The molecule has 0 spiro atoms. The van der Waals surface area contributed by atoms with Crippen LogP contribution in [0, 0.1) is 12.7 Å². The number of aryl methyl sites for hydroxylation is 1. The van der Waals surface area contributed by atoms with Crippen LogP contribution in [0.1, 0.15) is 38.8 Å². The first-order valence-corrected chi connectivity index (χ1v) is 7.11. The van der Waals surface area contributed by atoms with Crippen molar-refractivity contribution in [1.29, 1.82) is 0 Å². The molecule has 1 aliphatic carbocycles. The summed E-state index contributed by atoms with van der Waals surface area (Å²) in [5, 5.41) is 0. The van der Waals surface area contributed by atoms with Gasteiger partial charge in [-0.05, 0) is 37.6 Å². The lowest BCUT2D eigenvalue weighted by atomic mass is 9.82. The smallest absolute Gasteiger partial charge is 0.190 e. The van der Waals surface area contributed by atoms with Crippen molar-refractivity contribution in [1.82, 2.24) is 0 Å². The average molecular weight is 294 g/mol. The van der Waals surface area contributed by atoms with E-state index in [2.05, 4.69) is 0 Å². The number of carbonyl (C=O) groups is 2. The highest BCUT2D eigenvalue weighted by atomic mass is 19.1. The molecule has 22 heavy (non-hydrogen) atoms. The van der Waals surface area contributed by atoms with Gasteiger partial charge >= 0.3 is 0 Å². The highest BCUT2D eigenvalue weighted by Crippen LogP contribution is 2.28. The van der Waals surface area contributed by atoms with Gasteiger partial charge in [0.05, 0.1) is 0 Å². The van der Waals surface area contributed by atoms with E-state index in [-0.39, 0.29) is 22.7 Å². The molecule has 0 atom stereocenters. The van der Waals surface area contributed by atoms with Crippen molar-refractivity contribution in [2.24, 2.45) is 0 Å². The number of allylic oxidation sites excluding steroid dienone is 2. The number of halogens is 1. The summed E-state index contributed by atoms with van der Waals surface area (Å²) in [5.41, 5.74) is 3.44. The van der Waals surface area contributed by atoms with Crippen LogP contribution in [0.2, 0.25) is 0 Å². The van der Waals surface area contributed by atoms with Gasteiger partial charge in [0.15, 0.2) is 11.6 Å². The van der Waals surface area contributed by atoms with Crippen LogP contribution in [0.3, 0.4) is 0 Å². The lowest BCUT2D eigenvalue weighted by Crippen LogP contribution is -2.22. The second kappa shape index (κ2) is 5.34. The summed E-state index contributed by atoms with van der Waals surface area (Å²) in [5.74, 6) is -0.960. The average Bonchev–Trinajstić information content (AvgIpc) is 2.51. The van der Waals surface area contributed by atoms with Crippen LogP contribution in [-0.4, -0.2) is 11.6 Å². The molecule has 1 aliphatic rings. The zero-order valence-corrected chi connectivity index (χ0v) is 12.4. The largest absolute Gasteiger partial charge is 0.289 e. The summed E-state index contributed by atoms with van der Waals surface area (Å²) in [6.45, 7) is 3.65. The van der Waals surface area contributed by atoms with Crippen LogP contribution in [0.25, 0.3) is 0 Å². The van der Waals surface area contributed by atoms with E-state index in [0.29, 0.717) is 17.6 Å². The van der Waals surface area contributed by atoms with E-state index in [1.54, 1.807) is 6.92 Å². The number of carbonyl (C=O) groups excluding carboxylic acids is 2. The maximum atomic E-state index is 13.4. The van der Waals surface area contributed by atoms with Gasteiger partial charge in [-0.2, -0.15) is 0 Å². The fourth-order valence-electron chi connectivity index (χ4n) is 2.70. The van der Waals surface area contributed by atoms with E-state index >= 15 is 0 Å². The lowest BCUT2D eigenvalue weighted by molar-refractivity contribution is 0.0972. The van der Waals surface area contributed by atoms with Crippen LogP contribution in [-0.2, 0) is 6.42 Å². The van der Waals surface area contributed by atoms with Gasteiger partial charge in [-0.3, -0.25) is 9.59 Å². The zero-order valence-electron chi connectivity index (χ0n) is 12.4. The molecule has 0 radical (unpaired) electrons. The maximum Gasteiger partial charge on any atom is 0.190 e. The van der Waals surface area contributed by atoms with Crippen molar-refractivity contribution in [3.05, 3.63) is 81.7 Å².